The van der Waals surface area contributed by atoms with Gasteiger partial charge in [0.05, 0.1) is 13.7 Å². The molecule has 5 aromatic rings. The van der Waals surface area contributed by atoms with E-state index in [9.17, 15) is 0 Å². The van der Waals surface area contributed by atoms with Crippen molar-refractivity contribution in [1.82, 2.24) is 35.2 Å². The van der Waals surface area contributed by atoms with Crippen molar-refractivity contribution in [3.8, 4) is 28.4 Å². The number of fused-ring (bicyclic) bond motifs is 1. The van der Waals surface area contributed by atoms with Crippen LogP contribution in [0.1, 0.15) is 35.7 Å². The number of methoxy groups -OCH3 is 1. The van der Waals surface area contributed by atoms with Crippen LogP contribution in [0.2, 0.25) is 0 Å². The highest BCUT2D eigenvalue weighted by Crippen LogP contribution is 2.41. The van der Waals surface area contributed by atoms with Gasteiger partial charge in [-0.2, -0.15) is 10.2 Å². The molecule has 0 radical (unpaired) electrons. The Labute approximate surface area is 190 Å². The number of nitrogens with zero attached hydrogens (tertiary/aromatic N) is 6. The molecule has 2 aromatic carbocycles. The predicted molar refractivity (Wildman–Crippen MR) is 125 cm³/mol. The molecule has 8 heteroatoms. The van der Waals surface area contributed by atoms with Crippen LogP contribution < -0.4 is 4.74 Å². The first kappa shape index (κ1) is 19.6. The van der Waals surface area contributed by atoms with Gasteiger partial charge in [0.25, 0.3) is 0 Å². The number of benzene rings is 2. The molecule has 0 saturated heterocycles. The molecule has 0 aliphatic heterocycles. The van der Waals surface area contributed by atoms with Gasteiger partial charge >= 0.3 is 0 Å². The molecule has 1 saturated carbocycles. The monoisotopic (exact) mass is 437 g/mol. The Bertz CT molecular complexity index is 1430. The largest absolute Gasteiger partial charge is 0.481 e. The normalized spacial score (nSPS) is 13.5. The zero-order chi connectivity index (χ0) is 22.4. The lowest BCUT2D eigenvalue weighted by molar-refractivity contribution is 0.398. The van der Waals surface area contributed by atoms with Gasteiger partial charge < -0.3 is 9.30 Å². The molecule has 1 aliphatic carbocycles. The van der Waals surface area contributed by atoms with Gasteiger partial charge in [-0.1, -0.05) is 48.5 Å². The molecular weight excluding hydrogens is 414 g/mol. The molecule has 164 valence electrons. The second-order valence-electron chi connectivity index (χ2n) is 8.46. The van der Waals surface area contributed by atoms with Crippen molar-refractivity contribution in [1.29, 1.82) is 0 Å². The van der Waals surface area contributed by atoms with Crippen molar-refractivity contribution >= 4 is 11.2 Å². The van der Waals surface area contributed by atoms with Crippen LogP contribution in [0.4, 0.5) is 0 Å². The highest BCUT2D eigenvalue weighted by molar-refractivity contribution is 5.80. The number of pyridine rings is 1. The number of imidazole rings is 1. The summed E-state index contributed by atoms with van der Waals surface area (Å²) >= 11 is 0. The second kappa shape index (κ2) is 7.81. The van der Waals surface area contributed by atoms with Crippen molar-refractivity contribution in [2.75, 3.05) is 7.11 Å². The molecule has 1 N–H and O–H groups in total. The minimum atomic E-state index is 0.519. The number of aromatic nitrogens is 7. The van der Waals surface area contributed by atoms with Gasteiger partial charge in [0.2, 0.25) is 11.7 Å². The van der Waals surface area contributed by atoms with E-state index in [0.717, 1.165) is 39.2 Å². The third kappa shape index (κ3) is 3.53. The minimum absolute atomic E-state index is 0.519. The maximum absolute atomic E-state index is 5.43. The fraction of sp³-hybridized carbons (Fsp3) is 0.240. The zero-order valence-corrected chi connectivity index (χ0v) is 18.5. The van der Waals surface area contributed by atoms with Crippen LogP contribution in [0.3, 0.4) is 0 Å². The number of rotatable bonds is 6. The van der Waals surface area contributed by atoms with Crippen LogP contribution in [-0.2, 0) is 6.54 Å². The SMILES string of the molecule is COc1cc(C)c2nc(C3CC3)n(Cc3ccc(-c4ccccc4-c4nn[nH]n4)cc3)c2n1. The van der Waals surface area contributed by atoms with E-state index in [1.165, 1.54) is 18.4 Å². The number of tetrazole rings is 1. The van der Waals surface area contributed by atoms with Crippen LogP contribution in [0.5, 0.6) is 5.88 Å². The smallest absolute Gasteiger partial charge is 0.215 e. The van der Waals surface area contributed by atoms with Crippen LogP contribution in [0, 0.1) is 6.92 Å². The molecule has 0 spiro atoms. The summed E-state index contributed by atoms with van der Waals surface area (Å²) in [6.07, 6.45) is 2.37. The van der Waals surface area contributed by atoms with E-state index in [1.807, 2.05) is 24.3 Å². The van der Waals surface area contributed by atoms with E-state index in [0.29, 0.717) is 24.2 Å². The Balaban J connectivity index is 1.37. The van der Waals surface area contributed by atoms with Crippen LogP contribution in [0.25, 0.3) is 33.7 Å². The summed E-state index contributed by atoms with van der Waals surface area (Å²) < 4.78 is 7.69. The minimum Gasteiger partial charge on any atom is -0.481 e. The third-order valence-electron chi connectivity index (χ3n) is 6.17. The Morgan fingerprint density at radius 3 is 2.52 bits per heavy atom. The highest BCUT2D eigenvalue weighted by Gasteiger charge is 2.30. The summed E-state index contributed by atoms with van der Waals surface area (Å²) in [5.41, 5.74) is 7.25. The standard InChI is InChI=1S/C25H23N7O/c1-15-13-21(33-2)26-25-22(15)27-24(18-11-12-18)32(25)14-16-7-9-17(10-8-16)19-5-3-4-6-20(19)23-28-30-31-29-23/h3-10,13,18H,11-12,14H2,1-2H3,(H,28,29,30,31). The summed E-state index contributed by atoms with van der Waals surface area (Å²) in [4.78, 5) is 9.72. The van der Waals surface area contributed by atoms with Gasteiger partial charge in [-0.05, 0) is 47.2 Å². The molecule has 1 fully saturated rings. The lowest BCUT2D eigenvalue weighted by atomic mass is 9.98. The third-order valence-corrected chi connectivity index (χ3v) is 6.17. The first-order chi connectivity index (χ1) is 16.2. The topological polar surface area (TPSA) is 94.4 Å². The molecule has 3 heterocycles. The average molecular weight is 438 g/mol. The summed E-state index contributed by atoms with van der Waals surface area (Å²) in [6.45, 7) is 2.78. The van der Waals surface area contributed by atoms with E-state index >= 15 is 0 Å². The fourth-order valence-corrected chi connectivity index (χ4v) is 4.32. The number of aryl methyl sites for hydroxylation is 1. The van der Waals surface area contributed by atoms with Crippen molar-refractivity contribution < 1.29 is 4.74 Å². The molecule has 0 atom stereocenters. The molecule has 6 rings (SSSR count). The summed E-state index contributed by atoms with van der Waals surface area (Å²) in [7, 11) is 1.65. The Morgan fingerprint density at radius 1 is 1.03 bits per heavy atom. The Kier molecular flexibility index (Phi) is 4.64. The van der Waals surface area contributed by atoms with Crippen LogP contribution >= 0.6 is 0 Å². The second-order valence-corrected chi connectivity index (χ2v) is 8.46. The van der Waals surface area contributed by atoms with E-state index in [-0.39, 0.29) is 0 Å². The number of hydrogen-bond acceptors (Lipinski definition) is 6. The van der Waals surface area contributed by atoms with Crippen molar-refractivity contribution in [3.05, 3.63) is 71.5 Å². The fourth-order valence-electron chi connectivity index (χ4n) is 4.32. The van der Waals surface area contributed by atoms with Gasteiger partial charge in [0.1, 0.15) is 11.3 Å². The van der Waals surface area contributed by atoms with Crippen molar-refractivity contribution in [3.63, 3.8) is 0 Å². The van der Waals surface area contributed by atoms with E-state index in [4.69, 9.17) is 14.7 Å². The van der Waals surface area contributed by atoms with Gasteiger partial charge in [0, 0.05) is 17.5 Å². The lowest BCUT2D eigenvalue weighted by Gasteiger charge is -2.11. The maximum Gasteiger partial charge on any atom is 0.215 e. The lowest BCUT2D eigenvalue weighted by Crippen LogP contribution is -2.05. The number of hydrogen-bond donors (Lipinski definition) is 1. The highest BCUT2D eigenvalue weighted by atomic mass is 16.5. The zero-order valence-electron chi connectivity index (χ0n) is 18.5. The molecule has 1 aliphatic rings. The molecule has 8 nitrogen and oxygen atoms in total. The molecule has 0 bridgehead atoms. The first-order valence-electron chi connectivity index (χ1n) is 11.0. The summed E-state index contributed by atoms with van der Waals surface area (Å²) in [5.74, 6) is 2.85. The predicted octanol–water partition coefficient (Wildman–Crippen LogP) is 4.52. The Hall–Kier alpha value is -4.07. The molecule has 0 unspecified atom stereocenters. The van der Waals surface area contributed by atoms with Gasteiger partial charge in [0.15, 0.2) is 5.65 Å². The number of H-pyrrole nitrogens is 1. The Morgan fingerprint density at radius 2 is 1.82 bits per heavy atom. The van der Waals surface area contributed by atoms with Gasteiger partial charge in [-0.3, -0.25) is 0 Å². The molecular formula is C25H23N7O. The van der Waals surface area contributed by atoms with Gasteiger partial charge in [-0.15, -0.1) is 10.2 Å². The van der Waals surface area contributed by atoms with E-state index in [1.54, 1.807) is 7.11 Å². The molecule has 33 heavy (non-hydrogen) atoms. The van der Waals surface area contributed by atoms with Crippen molar-refractivity contribution in [2.45, 2.75) is 32.2 Å². The van der Waals surface area contributed by atoms with Crippen molar-refractivity contribution in [2.24, 2.45) is 0 Å². The quantitative estimate of drug-likeness (QED) is 0.420. The van der Waals surface area contributed by atoms with E-state index < -0.39 is 0 Å². The summed E-state index contributed by atoms with van der Waals surface area (Å²) in [5, 5.41) is 14.5. The maximum atomic E-state index is 5.43. The van der Waals surface area contributed by atoms with Crippen LogP contribution in [0.15, 0.2) is 54.6 Å². The van der Waals surface area contributed by atoms with E-state index in [2.05, 4.69) is 62.4 Å². The summed E-state index contributed by atoms with van der Waals surface area (Å²) in [6, 6.07) is 18.7. The average Bonchev–Trinajstić information content (AvgIpc) is 3.41. The van der Waals surface area contributed by atoms with Crippen LogP contribution in [-0.4, -0.2) is 42.3 Å². The number of nitrogens with one attached hydrogen (secondary N) is 1. The number of ether oxygens (including phenoxy) is 1. The first-order valence-corrected chi connectivity index (χ1v) is 11.0. The molecule has 3 aromatic heterocycles. The molecule has 0 amide bonds. The number of aromatic amines is 1. The van der Waals surface area contributed by atoms with Gasteiger partial charge in [-0.25, -0.2) is 4.98 Å².